The van der Waals surface area contributed by atoms with Crippen LogP contribution in [0.4, 0.5) is 0 Å². The molecule has 17 heavy (non-hydrogen) atoms. The fourth-order valence-corrected chi connectivity index (χ4v) is 1.94. The topological polar surface area (TPSA) is 62.3 Å². The van der Waals surface area contributed by atoms with Crippen LogP contribution in [-0.2, 0) is 4.74 Å². The van der Waals surface area contributed by atoms with Crippen molar-refractivity contribution < 1.29 is 9.47 Å². The number of rotatable bonds is 5. The van der Waals surface area contributed by atoms with Crippen molar-refractivity contribution >= 4 is 0 Å². The summed E-state index contributed by atoms with van der Waals surface area (Å²) in [4.78, 5) is 0. The highest BCUT2D eigenvalue weighted by molar-refractivity contribution is 5.12. The molecular weight excluding hydrogens is 218 g/mol. The van der Waals surface area contributed by atoms with Gasteiger partial charge in [-0.2, -0.15) is 5.10 Å². The molecule has 0 amide bonds. The van der Waals surface area contributed by atoms with Crippen LogP contribution < -0.4 is 10.5 Å². The lowest BCUT2D eigenvalue weighted by Crippen LogP contribution is -2.23. The predicted molar refractivity (Wildman–Crippen MR) is 65.1 cm³/mol. The van der Waals surface area contributed by atoms with E-state index in [0.29, 0.717) is 19.2 Å². The highest BCUT2D eigenvalue weighted by atomic mass is 16.5. The molecule has 2 heterocycles. The van der Waals surface area contributed by atoms with Crippen LogP contribution in [0.1, 0.15) is 32.7 Å². The second-order valence-corrected chi connectivity index (χ2v) is 4.75. The van der Waals surface area contributed by atoms with Crippen molar-refractivity contribution in [2.75, 3.05) is 13.2 Å². The first-order chi connectivity index (χ1) is 8.19. The summed E-state index contributed by atoms with van der Waals surface area (Å²) in [5.74, 6) is 0.804. The number of nitrogens with two attached hydrogens (primary N) is 1. The molecule has 96 valence electrons. The summed E-state index contributed by atoms with van der Waals surface area (Å²) in [5, 5.41) is 4.22. The fourth-order valence-electron chi connectivity index (χ4n) is 1.94. The third-order valence-corrected chi connectivity index (χ3v) is 3.00. The normalized spacial score (nSPS) is 24.5. The lowest BCUT2D eigenvalue weighted by Gasteiger charge is -2.12. The highest BCUT2D eigenvalue weighted by Gasteiger charge is 2.24. The minimum atomic E-state index is 0.172. The largest absolute Gasteiger partial charge is 0.488 e. The van der Waals surface area contributed by atoms with Gasteiger partial charge in [0.1, 0.15) is 6.61 Å². The van der Waals surface area contributed by atoms with Crippen LogP contribution >= 0.6 is 0 Å². The van der Waals surface area contributed by atoms with Crippen molar-refractivity contribution in [1.82, 2.24) is 9.78 Å². The zero-order valence-electron chi connectivity index (χ0n) is 10.5. The number of hydrogen-bond acceptors (Lipinski definition) is 4. The standard InChI is InChI=1S/C12H21N3O2/c1-9(2)15-7-12(6-14-15)16-8-11-4-3-10(5-13)17-11/h6-7,9-11H,3-5,8,13H2,1-2H3. The van der Waals surface area contributed by atoms with Gasteiger partial charge in [0.05, 0.1) is 24.6 Å². The Labute approximate surface area is 102 Å². The molecule has 0 spiro atoms. The van der Waals surface area contributed by atoms with Crippen molar-refractivity contribution in [3.05, 3.63) is 12.4 Å². The van der Waals surface area contributed by atoms with Crippen LogP contribution in [0.25, 0.3) is 0 Å². The van der Waals surface area contributed by atoms with Gasteiger partial charge in [-0.05, 0) is 26.7 Å². The summed E-state index contributed by atoms with van der Waals surface area (Å²) in [6, 6.07) is 0.358. The molecule has 1 aliphatic heterocycles. The van der Waals surface area contributed by atoms with E-state index in [1.807, 2.05) is 10.9 Å². The van der Waals surface area contributed by atoms with E-state index in [1.165, 1.54) is 0 Å². The highest BCUT2D eigenvalue weighted by Crippen LogP contribution is 2.20. The van der Waals surface area contributed by atoms with E-state index in [1.54, 1.807) is 6.20 Å². The molecule has 5 nitrogen and oxygen atoms in total. The van der Waals surface area contributed by atoms with Gasteiger partial charge < -0.3 is 15.2 Å². The second-order valence-electron chi connectivity index (χ2n) is 4.75. The monoisotopic (exact) mass is 239 g/mol. The van der Waals surface area contributed by atoms with Crippen LogP contribution in [-0.4, -0.2) is 35.1 Å². The van der Waals surface area contributed by atoms with Crippen LogP contribution in [0.15, 0.2) is 12.4 Å². The van der Waals surface area contributed by atoms with Crippen molar-refractivity contribution in [2.45, 2.75) is 44.9 Å². The zero-order valence-corrected chi connectivity index (χ0v) is 10.5. The third kappa shape index (κ3) is 3.20. The van der Waals surface area contributed by atoms with E-state index in [9.17, 15) is 0 Å². The average Bonchev–Trinajstić information content (AvgIpc) is 2.95. The van der Waals surface area contributed by atoms with Gasteiger partial charge in [0.15, 0.2) is 5.75 Å². The van der Waals surface area contributed by atoms with Gasteiger partial charge in [-0.3, -0.25) is 4.68 Å². The molecule has 5 heteroatoms. The minimum Gasteiger partial charge on any atom is -0.488 e. The lowest BCUT2D eigenvalue weighted by atomic mass is 10.2. The van der Waals surface area contributed by atoms with E-state index in [2.05, 4.69) is 18.9 Å². The third-order valence-electron chi connectivity index (χ3n) is 3.00. The van der Waals surface area contributed by atoms with Gasteiger partial charge in [-0.15, -0.1) is 0 Å². The quantitative estimate of drug-likeness (QED) is 0.842. The Hall–Kier alpha value is -1.07. The summed E-state index contributed by atoms with van der Waals surface area (Å²) in [6.07, 6.45) is 6.11. The summed E-state index contributed by atoms with van der Waals surface area (Å²) in [5.41, 5.74) is 5.56. The second kappa shape index (κ2) is 5.51. The predicted octanol–water partition coefficient (Wildman–Crippen LogP) is 1.35. The molecule has 2 unspecified atom stereocenters. The molecule has 1 saturated heterocycles. The first-order valence-corrected chi connectivity index (χ1v) is 6.21. The van der Waals surface area contributed by atoms with Crippen molar-refractivity contribution in [2.24, 2.45) is 5.73 Å². The van der Waals surface area contributed by atoms with E-state index < -0.39 is 0 Å². The molecule has 2 atom stereocenters. The fraction of sp³-hybridized carbons (Fsp3) is 0.750. The Kier molecular flexibility index (Phi) is 4.02. The minimum absolute atomic E-state index is 0.172. The van der Waals surface area contributed by atoms with Crippen LogP contribution in [0, 0.1) is 0 Å². The van der Waals surface area contributed by atoms with Gasteiger partial charge in [-0.1, -0.05) is 0 Å². The summed E-state index contributed by atoms with van der Waals surface area (Å²) in [7, 11) is 0. The van der Waals surface area contributed by atoms with Crippen molar-refractivity contribution in [1.29, 1.82) is 0 Å². The number of hydrogen-bond donors (Lipinski definition) is 1. The average molecular weight is 239 g/mol. The van der Waals surface area contributed by atoms with Crippen LogP contribution in [0.3, 0.4) is 0 Å². The maximum atomic E-state index is 5.71. The van der Waals surface area contributed by atoms with Crippen molar-refractivity contribution in [3.63, 3.8) is 0 Å². The van der Waals surface area contributed by atoms with Gasteiger partial charge in [0.2, 0.25) is 0 Å². The molecule has 1 aromatic rings. The molecule has 1 aromatic heterocycles. The van der Waals surface area contributed by atoms with E-state index >= 15 is 0 Å². The molecule has 0 saturated carbocycles. The smallest absolute Gasteiger partial charge is 0.157 e. The summed E-state index contributed by atoms with van der Waals surface area (Å²) in [6.45, 7) is 5.35. The Morgan fingerprint density at radius 3 is 2.88 bits per heavy atom. The lowest BCUT2D eigenvalue weighted by molar-refractivity contribution is 0.0222. The molecule has 1 fully saturated rings. The molecule has 1 aliphatic rings. The first kappa shape index (κ1) is 12.4. The number of ether oxygens (including phenoxy) is 2. The number of nitrogens with zero attached hydrogens (tertiary/aromatic N) is 2. The first-order valence-electron chi connectivity index (χ1n) is 6.21. The van der Waals surface area contributed by atoms with Crippen LogP contribution in [0.2, 0.25) is 0 Å². The molecule has 0 aliphatic carbocycles. The Morgan fingerprint density at radius 1 is 1.53 bits per heavy atom. The van der Waals surface area contributed by atoms with Gasteiger partial charge in [-0.25, -0.2) is 0 Å². The summed E-state index contributed by atoms with van der Waals surface area (Å²) >= 11 is 0. The maximum absolute atomic E-state index is 5.71. The van der Waals surface area contributed by atoms with E-state index in [-0.39, 0.29) is 12.2 Å². The molecule has 0 bridgehead atoms. The van der Waals surface area contributed by atoms with E-state index in [0.717, 1.165) is 18.6 Å². The zero-order chi connectivity index (χ0) is 12.3. The molecule has 2 N–H and O–H groups in total. The Bertz CT molecular complexity index is 351. The maximum Gasteiger partial charge on any atom is 0.157 e. The van der Waals surface area contributed by atoms with Crippen LogP contribution in [0.5, 0.6) is 5.75 Å². The van der Waals surface area contributed by atoms with Crippen molar-refractivity contribution in [3.8, 4) is 5.75 Å². The molecule has 0 aromatic carbocycles. The number of aromatic nitrogens is 2. The molecule has 2 rings (SSSR count). The van der Waals surface area contributed by atoms with Gasteiger partial charge in [0, 0.05) is 12.6 Å². The Balaban J connectivity index is 1.78. The SMILES string of the molecule is CC(C)n1cc(OCC2CCC(CN)O2)cn1. The summed E-state index contributed by atoms with van der Waals surface area (Å²) < 4.78 is 13.3. The Morgan fingerprint density at radius 2 is 2.29 bits per heavy atom. The van der Waals surface area contributed by atoms with E-state index in [4.69, 9.17) is 15.2 Å². The molecular formula is C12H21N3O2. The van der Waals surface area contributed by atoms with Gasteiger partial charge >= 0.3 is 0 Å². The molecule has 0 radical (unpaired) electrons. The van der Waals surface area contributed by atoms with Gasteiger partial charge in [0.25, 0.3) is 0 Å².